The van der Waals surface area contributed by atoms with Gasteiger partial charge in [-0.25, -0.2) is 0 Å². The van der Waals surface area contributed by atoms with Gasteiger partial charge in [-0.15, -0.1) is 0 Å². The van der Waals surface area contributed by atoms with Crippen LogP contribution in [0.3, 0.4) is 0 Å². The Kier molecular flexibility index (Phi) is 5.88. The number of nitrogens with one attached hydrogen (secondary N) is 2. The first kappa shape index (κ1) is 26.4. The molecule has 5 aromatic rings. The SMILES string of the molecule is CNc1cc(OC)c2c3c(OC)cc(NC)c4c(=O)c(OC)c5c(c6c(c(OC)c(=O)c1c26)CC(C)=C5C(C)=O)c43. The summed E-state index contributed by atoms with van der Waals surface area (Å²) in [7, 11) is 9.50. The first-order valence-corrected chi connectivity index (χ1v) is 13.2. The maximum absolute atomic E-state index is 14.3. The highest BCUT2D eigenvalue weighted by molar-refractivity contribution is 6.42. The van der Waals surface area contributed by atoms with Gasteiger partial charge in [-0.1, -0.05) is 5.57 Å². The molecular formula is C32H30N2O7. The molecule has 0 fully saturated rings. The number of rotatable bonds is 7. The number of methoxy groups -OCH3 is 4. The molecule has 210 valence electrons. The van der Waals surface area contributed by atoms with Gasteiger partial charge in [-0.2, -0.15) is 0 Å². The summed E-state index contributed by atoms with van der Waals surface area (Å²) in [4.78, 5) is 41.9. The third kappa shape index (κ3) is 3.14. The third-order valence-electron chi connectivity index (χ3n) is 8.36. The summed E-state index contributed by atoms with van der Waals surface area (Å²) in [5, 5.41) is 10.9. The number of anilines is 2. The van der Waals surface area contributed by atoms with Crippen molar-refractivity contribution >= 4 is 65.8 Å². The van der Waals surface area contributed by atoms with E-state index in [1.165, 1.54) is 21.1 Å². The Bertz CT molecular complexity index is 2110. The summed E-state index contributed by atoms with van der Waals surface area (Å²) in [5.41, 5.74) is 2.59. The molecule has 0 saturated heterocycles. The van der Waals surface area contributed by atoms with Crippen LogP contribution in [0.2, 0.25) is 0 Å². The lowest BCUT2D eigenvalue weighted by Gasteiger charge is -2.24. The second-order valence-corrected chi connectivity index (χ2v) is 10.2. The van der Waals surface area contributed by atoms with Crippen molar-refractivity contribution in [3.05, 3.63) is 49.3 Å². The summed E-state index contributed by atoms with van der Waals surface area (Å²) < 4.78 is 23.5. The Labute approximate surface area is 235 Å². The van der Waals surface area contributed by atoms with E-state index < -0.39 is 0 Å². The lowest BCUT2D eigenvalue weighted by atomic mass is 9.82. The maximum Gasteiger partial charge on any atom is 0.230 e. The molecule has 2 N–H and O–H groups in total. The van der Waals surface area contributed by atoms with Gasteiger partial charge >= 0.3 is 0 Å². The highest BCUT2D eigenvalue weighted by Gasteiger charge is 2.35. The summed E-state index contributed by atoms with van der Waals surface area (Å²) in [6, 6.07) is 3.54. The molecule has 9 heteroatoms. The molecule has 0 spiro atoms. The number of carbonyl (C=O) groups excluding carboxylic acids is 1. The van der Waals surface area contributed by atoms with Crippen LogP contribution < -0.4 is 40.4 Å². The Morgan fingerprint density at radius 2 is 1.17 bits per heavy atom. The fourth-order valence-corrected chi connectivity index (χ4v) is 6.87. The maximum atomic E-state index is 14.3. The van der Waals surface area contributed by atoms with Gasteiger partial charge in [-0.3, -0.25) is 14.4 Å². The second-order valence-electron chi connectivity index (χ2n) is 10.2. The molecule has 0 atom stereocenters. The fourth-order valence-electron chi connectivity index (χ4n) is 6.87. The van der Waals surface area contributed by atoms with Gasteiger partial charge in [0.05, 0.1) is 39.2 Å². The average Bonchev–Trinajstić information content (AvgIpc) is 3.10. The number of ketones is 1. The van der Waals surface area contributed by atoms with Crippen molar-refractivity contribution in [3.63, 3.8) is 0 Å². The minimum Gasteiger partial charge on any atom is -0.496 e. The smallest absolute Gasteiger partial charge is 0.230 e. The summed E-state index contributed by atoms with van der Waals surface area (Å²) >= 11 is 0. The average molecular weight is 555 g/mol. The largest absolute Gasteiger partial charge is 0.496 e. The Hall–Kier alpha value is -4.79. The van der Waals surface area contributed by atoms with Crippen molar-refractivity contribution in [1.29, 1.82) is 0 Å². The van der Waals surface area contributed by atoms with E-state index in [-0.39, 0.29) is 34.6 Å². The highest BCUT2D eigenvalue weighted by atomic mass is 16.5. The molecule has 0 saturated carbocycles. The Morgan fingerprint density at radius 1 is 0.683 bits per heavy atom. The molecule has 1 aliphatic rings. The molecule has 0 unspecified atom stereocenters. The van der Waals surface area contributed by atoms with E-state index in [1.54, 1.807) is 40.4 Å². The van der Waals surface area contributed by atoms with Gasteiger partial charge in [0, 0.05) is 81.2 Å². The van der Waals surface area contributed by atoms with Gasteiger partial charge in [0.1, 0.15) is 11.5 Å². The molecular weight excluding hydrogens is 524 g/mol. The van der Waals surface area contributed by atoms with E-state index in [0.717, 1.165) is 0 Å². The summed E-state index contributed by atoms with van der Waals surface area (Å²) in [6.45, 7) is 3.32. The van der Waals surface area contributed by atoms with Gasteiger partial charge in [0.2, 0.25) is 10.9 Å². The van der Waals surface area contributed by atoms with Crippen LogP contribution >= 0.6 is 0 Å². The number of hydrogen-bond donors (Lipinski definition) is 2. The van der Waals surface area contributed by atoms with E-state index in [2.05, 4.69) is 10.6 Å². The van der Waals surface area contributed by atoms with Crippen LogP contribution in [-0.4, -0.2) is 48.3 Å². The standard InChI is InChI=1S/C32H30N2O7/c1-12-9-14-20-25-21(29(36)31(14)40-7)15(33-3)10-17(38-5)23(25)24-18(39-6)11-16(34-4)22-27(24)26(20)28(19(12)13(2)35)32(41-8)30(22)37/h10-11,33-34H,9H2,1-8H3. The normalized spacial score (nSPS) is 13.0. The van der Waals surface area contributed by atoms with Gasteiger partial charge in [0.25, 0.3) is 0 Å². The van der Waals surface area contributed by atoms with Crippen molar-refractivity contribution in [2.75, 3.05) is 53.2 Å². The Balaban J connectivity index is 2.21. The zero-order chi connectivity index (χ0) is 29.5. The molecule has 0 bridgehead atoms. The number of allylic oxidation sites excluding steroid dienone is 2. The molecule has 0 heterocycles. The fraction of sp³-hybridized carbons (Fsp3) is 0.281. The molecule has 1 aliphatic carbocycles. The number of hydrogen-bond acceptors (Lipinski definition) is 9. The molecule has 9 nitrogen and oxygen atoms in total. The Morgan fingerprint density at radius 3 is 1.61 bits per heavy atom. The van der Waals surface area contributed by atoms with Gasteiger partial charge < -0.3 is 29.6 Å². The second kappa shape index (κ2) is 9.12. The van der Waals surface area contributed by atoms with Crippen LogP contribution in [0.4, 0.5) is 11.4 Å². The molecule has 5 aromatic carbocycles. The van der Waals surface area contributed by atoms with Gasteiger partial charge in [-0.05, 0) is 25.7 Å². The van der Waals surface area contributed by atoms with Crippen LogP contribution in [0.1, 0.15) is 25.0 Å². The first-order chi connectivity index (χ1) is 19.7. The molecule has 0 aliphatic heterocycles. The number of benzene rings is 5. The van der Waals surface area contributed by atoms with E-state index in [9.17, 15) is 14.4 Å². The summed E-state index contributed by atoms with van der Waals surface area (Å²) in [6.07, 6.45) is 0.260. The first-order valence-electron chi connectivity index (χ1n) is 13.2. The molecule has 6 rings (SSSR count). The van der Waals surface area contributed by atoms with Gasteiger partial charge in [0.15, 0.2) is 17.3 Å². The minimum absolute atomic E-state index is 0.0658. The number of ether oxygens (including phenoxy) is 4. The van der Waals surface area contributed by atoms with Crippen molar-refractivity contribution in [2.24, 2.45) is 0 Å². The minimum atomic E-state index is -0.359. The van der Waals surface area contributed by atoms with Crippen LogP contribution in [0.5, 0.6) is 23.0 Å². The number of fused-ring (bicyclic) bond motifs is 1. The van der Waals surface area contributed by atoms with Crippen molar-refractivity contribution in [1.82, 2.24) is 0 Å². The predicted octanol–water partition coefficient (Wildman–Crippen LogP) is 4.93. The van der Waals surface area contributed by atoms with Crippen molar-refractivity contribution in [3.8, 4) is 23.0 Å². The highest BCUT2D eigenvalue weighted by Crippen LogP contribution is 2.55. The lowest BCUT2D eigenvalue weighted by Crippen LogP contribution is -2.15. The van der Waals surface area contributed by atoms with Crippen LogP contribution in [0.15, 0.2) is 27.3 Å². The van der Waals surface area contributed by atoms with Crippen LogP contribution in [-0.2, 0) is 11.2 Å². The zero-order valence-corrected chi connectivity index (χ0v) is 24.2. The molecule has 0 amide bonds. The molecule has 0 aromatic heterocycles. The van der Waals surface area contributed by atoms with E-state index in [0.29, 0.717) is 88.2 Å². The lowest BCUT2D eigenvalue weighted by molar-refractivity contribution is -0.111. The van der Waals surface area contributed by atoms with E-state index in [4.69, 9.17) is 18.9 Å². The topological polar surface area (TPSA) is 112 Å². The molecule has 0 radical (unpaired) electrons. The van der Waals surface area contributed by atoms with Crippen LogP contribution in [0.25, 0.3) is 48.7 Å². The number of Topliss-reactive ketones (excluding diaryl/α,β-unsaturated/α-hetero) is 1. The quantitative estimate of drug-likeness (QED) is 0.214. The van der Waals surface area contributed by atoms with Crippen molar-refractivity contribution < 1.29 is 23.7 Å². The summed E-state index contributed by atoms with van der Waals surface area (Å²) in [5.74, 6) is 1.02. The van der Waals surface area contributed by atoms with Crippen molar-refractivity contribution in [2.45, 2.75) is 20.3 Å². The van der Waals surface area contributed by atoms with E-state index in [1.807, 2.05) is 6.92 Å². The molecule has 41 heavy (non-hydrogen) atoms. The van der Waals surface area contributed by atoms with E-state index >= 15 is 0 Å². The third-order valence-corrected chi connectivity index (χ3v) is 8.36. The van der Waals surface area contributed by atoms with Crippen LogP contribution in [0, 0.1) is 0 Å². The number of carbonyl (C=O) groups is 1. The zero-order valence-electron chi connectivity index (χ0n) is 24.2. The monoisotopic (exact) mass is 554 g/mol. The predicted molar refractivity (Wildman–Crippen MR) is 164 cm³/mol.